The summed E-state index contributed by atoms with van der Waals surface area (Å²) < 4.78 is 13.2. The van der Waals surface area contributed by atoms with Crippen LogP contribution in [0.5, 0.6) is 0 Å². The van der Waals surface area contributed by atoms with Gasteiger partial charge < -0.3 is 5.11 Å². The first kappa shape index (κ1) is 12.0. The van der Waals surface area contributed by atoms with Gasteiger partial charge in [-0.25, -0.2) is 4.39 Å². The number of halogens is 1. The molecule has 0 saturated carbocycles. The Hall–Kier alpha value is -1.42. The van der Waals surface area contributed by atoms with E-state index in [0.29, 0.717) is 5.92 Å². The number of carboxylic acids is 1. The molecular weight excluding hydrogens is 221 g/mol. The molecule has 1 aromatic rings. The molecule has 1 aromatic carbocycles. The van der Waals surface area contributed by atoms with Crippen LogP contribution in [0.1, 0.15) is 24.9 Å². The van der Waals surface area contributed by atoms with Crippen molar-refractivity contribution >= 4 is 5.97 Å². The van der Waals surface area contributed by atoms with Crippen LogP contribution in [-0.4, -0.2) is 29.1 Å². The monoisotopic (exact) mass is 237 g/mol. The van der Waals surface area contributed by atoms with E-state index in [1.54, 1.807) is 6.07 Å². The molecule has 2 atom stereocenters. The average molecular weight is 237 g/mol. The first-order valence-electron chi connectivity index (χ1n) is 5.79. The topological polar surface area (TPSA) is 40.5 Å². The van der Waals surface area contributed by atoms with Crippen molar-refractivity contribution in [1.82, 2.24) is 4.90 Å². The first-order chi connectivity index (χ1) is 8.08. The smallest absolute Gasteiger partial charge is 0.317 e. The van der Waals surface area contributed by atoms with Crippen molar-refractivity contribution in [2.75, 3.05) is 13.1 Å². The molecule has 0 spiro atoms. The summed E-state index contributed by atoms with van der Waals surface area (Å²) in [6.07, 6.45) is 0.953. The van der Waals surface area contributed by atoms with Crippen LogP contribution in [0.4, 0.5) is 4.39 Å². The lowest BCUT2D eigenvalue weighted by Crippen LogP contribution is -2.30. The van der Waals surface area contributed by atoms with E-state index in [9.17, 15) is 9.18 Å². The maximum Gasteiger partial charge on any atom is 0.317 e. The maximum absolute atomic E-state index is 13.2. The third kappa shape index (κ3) is 2.64. The summed E-state index contributed by atoms with van der Waals surface area (Å²) in [5.41, 5.74) is 0.872. The molecule has 0 amide bonds. The van der Waals surface area contributed by atoms with E-state index in [1.165, 1.54) is 12.1 Å². The highest BCUT2D eigenvalue weighted by molar-refractivity contribution is 5.69. The summed E-state index contributed by atoms with van der Waals surface area (Å²) in [5, 5.41) is 8.86. The van der Waals surface area contributed by atoms with Crippen LogP contribution < -0.4 is 0 Å². The molecule has 1 fully saturated rings. The summed E-state index contributed by atoms with van der Waals surface area (Å²) >= 11 is 0. The molecule has 1 aliphatic heterocycles. The molecule has 1 N–H and O–H groups in total. The Balaban J connectivity index is 2.24. The second-order valence-corrected chi connectivity index (χ2v) is 4.63. The summed E-state index contributed by atoms with van der Waals surface area (Å²) in [7, 11) is 0. The molecule has 0 radical (unpaired) electrons. The Kier molecular flexibility index (Phi) is 3.43. The van der Waals surface area contributed by atoms with Gasteiger partial charge in [0, 0.05) is 6.04 Å². The van der Waals surface area contributed by atoms with Gasteiger partial charge in [0.2, 0.25) is 0 Å². The van der Waals surface area contributed by atoms with Crippen molar-refractivity contribution in [3.8, 4) is 0 Å². The second kappa shape index (κ2) is 4.84. The van der Waals surface area contributed by atoms with Gasteiger partial charge in [-0.15, -0.1) is 0 Å². The number of nitrogens with zero attached hydrogens (tertiary/aromatic N) is 1. The number of rotatable bonds is 3. The second-order valence-electron chi connectivity index (χ2n) is 4.63. The minimum Gasteiger partial charge on any atom is -0.480 e. The van der Waals surface area contributed by atoms with Crippen LogP contribution >= 0.6 is 0 Å². The van der Waals surface area contributed by atoms with Crippen molar-refractivity contribution in [3.63, 3.8) is 0 Å². The zero-order chi connectivity index (χ0) is 12.4. The number of carbonyl (C=O) groups is 1. The summed E-state index contributed by atoms with van der Waals surface area (Å²) in [6.45, 7) is 2.86. The van der Waals surface area contributed by atoms with Crippen LogP contribution in [0.2, 0.25) is 0 Å². The summed E-state index contributed by atoms with van der Waals surface area (Å²) in [4.78, 5) is 12.7. The largest absolute Gasteiger partial charge is 0.480 e. The fourth-order valence-corrected chi connectivity index (χ4v) is 2.61. The number of likely N-dealkylation sites (tertiary alicyclic amines) is 1. The summed E-state index contributed by atoms with van der Waals surface area (Å²) in [5.74, 6) is -0.742. The fraction of sp³-hybridized carbons (Fsp3) is 0.462. The van der Waals surface area contributed by atoms with Crippen molar-refractivity contribution in [3.05, 3.63) is 35.6 Å². The van der Waals surface area contributed by atoms with Gasteiger partial charge in [0.15, 0.2) is 0 Å². The van der Waals surface area contributed by atoms with Gasteiger partial charge >= 0.3 is 5.97 Å². The Bertz CT molecular complexity index is 422. The molecule has 17 heavy (non-hydrogen) atoms. The summed E-state index contributed by atoms with van der Waals surface area (Å²) in [6, 6.07) is 6.47. The lowest BCUT2D eigenvalue weighted by Gasteiger charge is -2.25. The number of carboxylic acid groups (broad SMARTS) is 1. The van der Waals surface area contributed by atoms with Crippen molar-refractivity contribution in [2.45, 2.75) is 19.4 Å². The van der Waals surface area contributed by atoms with E-state index in [0.717, 1.165) is 18.5 Å². The minimum absolute atomic E-state index is 0.0156. The molecule has 0 bridgehead atoms. The standard InChI is InChI=1S/C13H16FNO2/c1-9-5-6-15(8-12(16)17)13(9)10-3-2-4-11(14)7-10/h2-4,7,9,13H,5-6,8H2,1H3,(H,16,17)/t9-,13+/m0/s1. The van der Waals surface area contributed by atoms with Gasteiger partial charge in [-0.05, 0) is 36.6 Å². The van der Waals surface area contributed by atoms with Crippen LogP contribution in [0.3, 0.4) is 0 Å². The quantitative estimate of drug-likeness (QED) is 0.876. The van der Waals surface area contributed by atoms with Crippen LogP contribution in [0.25, 0.3) is 0 Å². The highest BCUT2D eigenvalue weighted by Crippen LogP contribution is 2.36. The van der Waals surface area contributed by atoms with Crippen LogP contribution in [-0.2, 0) is 4.79 Å². The van der Waals surface area contributed by atoms with Crippen LogP contribution in [0.15, 0.2) is 24.3 Å². The van der Waals surface area contributed by atoms with Gasteiger partial charge in [-0.2, -0.15) is 0 Å². The molecule has 4 heteroatoms. The van der Waals surface area contributed by atoms with Crippen molar-refractivity contribution < 1.29 is 14.3 Å². The third-order valence-corrected chi connectivity index (χ3v) is 3.33. The molecule has 0 aliphatic carbocycles. The zero-order valence-electron chi connectivity index (χ0n) is 9.77. The Morgan fingerprint density at radius 1 is 1.59 bits per heavy atom. The van der Waals surface area contributed by atoms with E-state index < -0.39 is 5.97 Å². The third-order valence-electron chi connectivity index (χ3n) is 3.33. The number of hydrogen-bond donors (Lipinski definition) is 1. The minimum atomic E-state index is -0.833. The van der Waals surface area contributed by atoms with Gasteiger partial charge in [0.05, 0.1) is 6.54 Å². The Morgan fingerprint density at radius 3 is 3.00 bits per heavy atom. The molecule has 92 valence electrons. The lowest BCUT2D eigenvalue weighted by molar-refractivity contribution is -0.138. The lowest BCUT2D eigenvalue weighted by atomic mass is 9.95. The molecular formula is C13H16FNO2. The van der Waals surface area contributed by atoms with Crippen molar-refractivity contribution in [1.29, 1.82) is 0 Å². The number of hydrogen-bond acceptors (Lipinski definition) is 2. The Morgan fingerprint density at radius 2 is 2.35 bits per heavy atom. The van der Waals surface area contributed by atoms with E-state index in [2.05, 4.69) is 6.92 Å². The fourth-order valence-electron chi connectivity index (χ4n) is 2.61. The predicted molar refractivity (Wildman–Crippen MR) is 62.1 cm³/mol. The highest BCUT2D eigenvalue weighted by Gasteiger charge is 2.33. The molecule has 3 nitrogen and oxygen atoms in total. The Labute approximate surface area is 99.9 Å². The number of aliphatic carboxylic acids is 1. The highest BCUT2D eigenvalue weighted by atomic mass is 19.1. The van der Waals surface area contributed by atoms with Crippen molar-refractivity contribution in [2.24, 2.45) is 5.92 Å². The van der Waals surface area contributed by atoms with Crippen LogP contribution in [0, 0.1) is 11.7 Å². The first-order valence-corrected chi connectivity index (χ1v) is 5.79. The molecule has 1 saturated heterocycles. The predicted octanol–water partition coefficient (Wildman–Crippen LogP) is 2.29. The van der Waals surface area contributed by atoms with Gasteiger partial charge in [-0.3, -0.25) is 9.69 Å². The van der Waals surface area contributed by atoms with E-state index in [-0.39, 0.29) is 18.4 Å². The zero-order valence-corrected chi connectivity index (χ0v) is 9.77. The SMILES string of the molecule is C[C@H]1CCN(CC(=O)O)[C@H]1c1cccc(F)c1. The molecule has 2 rings (SSSR count). The van der Waals surface area contributed by atoms with E-state index >= 15 is 0 Å². The van der Waals surface area contributed by atoms with E-state index in [4.69, 9.17) is 5.11 Å². The van der Waals surface area contributed by atoms with E-state index in [1.807, 2.05) is 11.0 Å². The average Bonchev–Trinajstić information content (AvgIpc) is 2.59. The molecule has 1 heterocycles. The maximum atomic E-state index is 13.2. The molecule has 0 unspecified atom stereocenters. The van der Waals surface area contributed by atoms with Gasteiger partial charge in [0.1, 0.15) is 5.82 Å². The molecule has 1 aliphatic rings. The van der Waals surface area contributed by atoms with Gasteiger partial charge in [0.25, 0.3) is 0 Å². The molecule has 0 aromatic heterocycles. The van der Waals surface area contributed by atoms with Gasteiger partial charge in [-0.1, -0.05) is 19.1 Å². The number of benzene rings is 1. The normalized spacial score (nSPS) is 25.1.